The molecule has 1 heterocycles. The minimum atomic E-state index is -0.522. The van der Waals surface area contributed by atoms with Crippen LogP contribution in [0.4, 0.5) is 5.69 Å². The predicted octanol–water partition coefficient (Wildman–Crippen LogP) is 3.23. The van der Waals surface area contributed by atoms with Crippen molar-refractivity contribution in [2.24, 2.45) is 0 Å². The third kappa shape index (κ3) is 2.02. The van der Waals surface area contributed by atoms with Crippen LogP contribution in [0, 0.1) is 0 Å². The summed E-state index contributed by atoms with van der Waals surface area (Å²) in [6.45, 7) is 0.523. The molecule has 0 saturated heterocycles. The Kier molecular flexibility index (Phi) is 2.84. The maximum absolute atomic E-state index is 12.3. The molecule has 0 spiro atoms. The van der Waals surface area contributed by atoms with Crippen molar-refractivity contribution in [2.75, 3.05) is 4.90 Å². The molecule has 2 aromatic carbocycles. The Hall–Kier alpha value is -2.13. The van der Waals surface area contributed by atoms with Crippen LogP contribution in [0.25, 0.3) is 0 Å². The van der Waals surface area contributed by atoms with Crippen LogP contribution in [0.5, 0.6) is 0 Å². The number of nitrogens with zero attached hydrogens (tertiary/aromatic N) is 1. The Bertz CT molecular complexity index is 681. The van der Waals surface area contributed by atoms with E-state index in [2.05, 4.69) is 0 Å². The second-order valence-corrected chi connectivity index (χ2v) is 4.72. The molecule has 1 amide bonds. The molecule has 3 rings (SSSR count). The van der Waals surface area contributed by atoms with E-state index >= 15 is 0 Å². The van der Waals surface area contributed by atoms with Crippen molar-refractivity contribution in [1.82, 2.24) is 0 Å². The average molecular weight is 272 g/mol. The van der Waals surface area contributed by atoms with E-state index in [1.165, 1.54) is 0 Å². The summed E-state index contributed by atoms with van der Waals surface area (Å²) in [5, 5.41) is -0.522. The monoisotopic (exact) mass is 271 g/mol. The number of hydrogen-bond donors (Lipinski definition) is 0. The van der Waals surface area contributed by atoms with Gasteiger partial charge in [0, 0.05) is 16.8 Å². The van der Waals surface area contributed by atoms with Crippen LogP contribution in [-0.4, -0.2) is 11.1 Å². The summed E-state index contributed by atoms with van der Waals surface area (Å²) in [5.74, 6) is -0.0465. The Morgan fingerprint density at radius 3 is 2.63 bits per heavy atom. The third-order valence-electron chi connectivity index (χ3n) is 3.21. The van der Waals surface area contributed by atoms with Crippen molar-refractivity contribution in [3.8, 4) is 0 Å². The summed E-state index contributed by atoms with van der Waals surface area (Å²) in [6.07, 6.45) is 0. The van der Waals surface area contributed by atoms with Crippen molar-refractivity contribution in [3.63, 3.8) is 0 Å². The van der Waals surface area contributed by atoms with Crippen LogP contribution in [0.2, 0.25) is 0 Å². The number of amides is 1. The maximum Gasteiger partial charge on any atom is 0.258 e. The number of fused-ring (bicyclic) bond motifs is 1. The Morgan fingerprint density at radius 1 is 1.11 bits per heavy atom. The molecule has 0 fully saturated rings. The van der Waals surface area contributed by atoms with Crippen LogP contribution in [0.1, 0.15) is 26.3 Å². The van der Waals surface area contributed by atoms with Crippen LogP contribution in [0.15, 0.2) is 48.5 Å². The predicted molar refractivity (Wildman–Crippen MR) is 73.6 cm³/mol. The zero-order chi connectivity index (χ0) is 13.4. The minimum absolute atomic E-state index is 0.0465. The van der Waals surface area contributed by atoms with E-state index in [-0.39, 0.29) is 5.91 Å². The molecule has 1 aliphatic rings. The van der Waals surface area contributed by atoms with E-state index in [0.29, 0.717) is 23.4 Å². The number of halogens is 1. The fourth-order valence-electron chi connectivity index (χ4n) is 2.26. The minimum Gasteiger partial charge on any atom is -0.304 e. The Balaban J connectivity index is 2.00. The summed E-state index contributed by atoms with van der Waals surface area (Å²) in [7, 11) is 0. The fourth-order valence-corrected chi connectivity index (χ4v) is 2.38. The van der Waals surface area contributed by atoms with Crippen LogP contribution in [0.3, 0.4) is 0 Å². The highest BCUT2D eigenvalue weighted by Crippen LogP contribution is 2.28. The lowest BCUT2D eigenvalue weighted by molar-refractivity contribution is 0.0995. The van der Waals surface area contributed by atoms with Gasteiger partial charge in [-0.2, -0.15) is 0 Å². The summed E-state index contributed by atoms with van der Waals surface area (Å²) in [6, 6.07) is 14.3. The van der Waals surface area contributed by atoms with Gasteiger partial charge >= 0.3 is 0 Å². The van der Waals surface area contributed by atoms with E-state index in [1.807, 2.05) is 24.3 Å². The van der Waals surface area contributed by atoms with E-state index < -0.39 is 5.24 Å². The lowest BCUT2D eigenvalue weighted by Crippen LogP contribution is -2.23. The summed E-state index contributed by atoms with van der Waals surface area (Å²) in [4.78, 5) is 25.1. The SMILES string of the molecule is O=C(Cl)c1cccc(N2Cc3ccccc3C2=O)c1. The zero-order valence-electron chi connectivity index (χ0n) is 9.97. The molecule has 3 nitrogen and oxygen atoms in total. The highest BCUT2D eigenvalue weighted by atomic mass is 35.5. The molecule has 0 N–H and O–H groups in total. The second kappa shape index (κ2) is 4.52. The fraction of sp³-hybridized carbons (Fsp3) is 0.0667. The first-order valence-corrected chi connectivity index (χ1v) is 6.24. The van der Waals surface area contributed by atoms with Gasteiger partial charge in [0.1, 0.15) is 0 Å². The molecule has 0 radical (unpaired) electrons. The zero-order valence-corrected chi connectivity index (χ0v) is 10.7. The lowest BCUT2D eigenvalue weighted by atomic mass is 10.1. The number of anilines is 1. The third-order valence-corrected chi connectivity index (χ3v) is 3.42. The van der Waals surface area contributed by atoms with Crippen LogP contribution in [-0.2, 0) is 6.54 Å². The average Bonchev–Trinajstić information content (AvgIpc) is 2.77. The number of benzene rings is 2. The standard InChI is InChI=1S/C15H10ClNO2/c16-14(18)10-5-3-6-12(8-10)17-9-11-4-1-2-7-13(11)15(17)19/h1-8H,9H2. The van der Waals surface area contributed by atoms with Crippen LogP contribution >= 0.6 is 11.6 Å². The molecule has 4 heteroatoms. The quantitative estimate of drug-likeness (QED) is 0.787. The van der Waals surface area contributed by atoms with Crippen LogP contribution < -0.4 is 4.90 Å². The molecular weight excluding hydrogens is 262 g/mol. The van der Waals surface area contributed by atoms with Gasteiger partial charge in [-0.05, 0) is 41.4 Å². The largest absolute Gasteiger partial charge is 0.304 e. The van der Waals surface area contributed by atoms with E-state index in [4.69, 9.17) is 11.6 Å². The highest BCUT2D eigenvalue weighted by Gasteiger charge is 2.28. The van der Waals surface area contributed by atoms with Gasteiger partial charge in [0.05, 0.1) is 6.54 Å². The molecule has 19 heavy (non-hydrogen) atoms. The van der Waals surface area contributed by atoms with E-state index in [1.54, 1.807) is 29.2 Å². The van der Waals surface area contributed by atoms with Crippen molar-refractivity contribution in [2.45, 2.75) is 6.54 Å². The first-order chi connectivity index (χ1) is 9.16. The number of rotatable bonds is 2. The summed E-state index contributed by atoms with van der Waals surface area (Å²) in [5.41, 5.74) is 2.79. The van der Waals surface area contributed by atoms with Gasteiger partial charge < -0.3 is 4.90 Å². The van der Waals surface area contributed by atoms with Gasteiger partial charge in [-0.15, -0.1) is 0 Å². The molecule has 94 valence electrons. The molecule has 2 aromatic rings. The first-order valence-electron chi connectivity index (χ1n) is 5.86. The summed E-state index contributed by atoms with van der Waals surface area (Å²) < 4.78 is 0. The molecule has 1 aliphatic heterocycles. The molecule has 0 aliphatic carbocycles. The summed E-state index contributed by atoms with van der Waals surface area (Å²) >= 11 is 5.47. The Morgan fingerprint density at radius 2 is 1.89 bits per heavy atom. The normalized spacial score (nSPS) is 13.5. The van der Waals surface area contributed by atoms with Gasteiger partial charge in [-0.1, -0.05) is 24.3 Å². The molecular formula is C15H10ClNO2. The molecule has 0 aromatic heterocycles. The molecule has 0 unspecified atom stereocenters. The highest BCUT2D eigenvalue weighted by molar-refractivity contribution is 6.67. The van der Waals surface area contributed by atoms with Crippen molar-refractivity contribution < 1.29 is 9.59 Å². The second-order valence-electron chi connectivity index (χ2n) is 4.37. The lowest BCUT2D eigenvalue weighted by Gasteiger charge is -2.16. The molecule has 0 atom stereocenters. The number of hydrogen-bond acceptors (Lipinski definition) is 2. The Labute approximate surface area is 115 Å². The van der Waals surface area contributed by atoms with Gasteiger partial charge in [-0.3, -0.25) is 9.59 Å². The number of carbonyl (C=O) groups is 2. The van der Waals surface area contributed by atoms with E-state index in [9.17, 15) is 9.59 Å². The topological polar surface area (TPSA) is 37.4 Å². The maximum atomic E-state index is 12.3. The van der Waals surface area contributed by atoms with Gasteiger partial charge in [0.25, 0.3) is 11.1 Å². The van der Waals surface area contributed by atoms with E-state index in [0.717, 1.165) is 5.56 Å². The smallest absolute Gasteiger partial charge is 0.258 e. The first kappa shape index (κ1) is 11.9. The van der Waals surface area contributed by atoms with Crippen molar-refractivity contribution in [3.05, 3.63) is 65.2 Å². The number of carbonyl (C=O) groups excluding carboxylic acids is 2. The van der Waals surface area contributed by atoms with Crippen molar-refractivity contribution in [1.29, 1.82) is 0 Å². The van der Waals surface area contributed by atoms with Gasteiger partial charge in [0.2, 0.25) is 0 Å². The van der Waals surface area contributed by atoms with Gasteiger partial charge in [0.15, 0.2) is 0 Å². The molecule has 0 bridgehead atoms. The van der Waals surface area contributed by atoms with Crippen molar-refractivity contribution >= 4 is 28.4 Å². The molecule has 0 saturated carbocycles. The van der Waals surface area contributed by atoms with Gasteiger partial charge in [-0.25, -0.2) is 0 Å².